The first kappa shape index (κ1) is 37.1. The van der Waals surface area contributed by atoms with Crippen LogP contribution in [0.1, 0.15) is 0 Å². The summed E-state index contributed by atoms with van der Waals surface area (Å²) in [5.41, 5.74) is 0. The zero-order chi connectivity index (χ0) is 13.5. The second-order valence-corrected chi connectivity index (χ2v) is 4.03. The molecular formula is H9Na3O12S3. The van der Waals surface area contributed by atoms with Crippen LogP contribution in [0.15, 0.2) is 0 Å². The predicted molar refractivity (Wildman–Crippen MR) is 64.0 cm³/mol. The minimum atomic E-state index is -4.67. The fourth-order valence-electron chi connectivity index (χ4n) is 0. The molecule has 0 fully saturated rings. The molecule has 0 spiro atoms. The van der Waals surface area contributed by atoms with Crippen molar-refractivity contribution in [2.45, 2.75) is 0 Å². The molecule has 6 N–H and O–H groups in total. The van der Waals surface area contributed by atoms with Crippen LogP contribution in [-0.2, 0) is 31.2 Å². The molecule has 0 radical (unpaired) electrons. The van der Waals surface area contributed by atoms with Gasteiger partial charge in [-0.3, -0.25) is 27.3 Å². The van der Waals surface area contributed by atoms with Gasteiger partial charge in [0, 0.05) is 0 Å². The maximum atomic E-state index is 8.74. The Labute approximate surface area is 170 Å². The molecule has 0 aliphatic carbocycles. The summed E-state index contributed by atoms with van der Waals surface area (Å²) < 4.78 is 94.8. The molecule has 0 aliphatic heterocycles. The van der Waals surface area contributed by atoms with Crippen LogP contribution >= 0.6 is 0 Å². The molecule has 0 atom stereocenters. The van der Waals surface area contributed by atoms with Crippen LogP contribution in [0.4, 0.5) is 0 Å². The average Bonchev–Trinajstić information content (AvgIpc) is 1.41. The van der Waals surface area contributed by atoms with Crippen LogP contribution in [0.5, 0.6) is 0 Å². The standard InChI is InChI=1S/3Na.3H2O4S.3H/c;;;3*1-5(2,3)4;;;/h;;;3*(H2,1,2,3,4);;;. The summed E-state index contributed by atoms with van der Waals surface area (Å²) in [5, 5.41) is 0. The molecule has 0 rings (SSSR count). The van der Waals surface area contributed by atoms with Gasteiger partial charge in [-0.15, -0.1) is 0 Å². The molecule has 0 heterocycles. The van der Waals surface area contributed by atoms with E-state index in [1.165, 1.54) is 0 Å². The third-order valence-electron chi connectivity index (χ3n) is 0. The molecule has 102 valence electrons. The Bertz CT molecular complexity index is 343. The molecule has 0 aliphatic rings. The monoisotopic (exact) mass is 366 g/mol. The number of hydrogen-bond acceptors (Lipinski definition) is 6. The molecule has 0 saturated carbocycles. The van der Waals surface area contributed by atoms with Crippen LogP contribution in [0.3, 0.4) is 0 Å². The zero-order valence-corrected chi connectivity index (χ0v) is 8.81. The third kappa shape index (κ3) is 847. The van der Waals surface area contributed by atoms with Gasteiger partial charge in [0.25, 0.3) is 0 Å². The third-order valence-corrected chi connectivity index (χ3v) is 0. The Morgan fingerprint density at radius 3 is 0.389 bits per heavy atom. The fourth-order valence-corrected chi connectivity index (χ4v) is 0. The van der Waals surface area contributed by atoms with Crippen molar-refractivity contribution in [3.63, 3.8) is 0 Å². The van der Waals surface area contributed by atoms with Gasteiger partial charge in [0.1, 0.15) is 0 Å². The second kappa shape index (κ2) is 16.0. The summed E-state index contributed by atoms with van der Waals surface area (Å²) in [4.78, 5) is 0. The molecule has 0 bridgehead atoms. The van der Waals surface area contributed by atoms with E-state index in [9.17, 15) is 0 Å². The van der Waals surface area contributed by atoms with Gasteiger partial charge < -0.3 is 0 Å². The first-order valence-electron chi connectivity index (χ1n) is 2.10. The van der Waals surface area contributed by atoms with Gasteiger partial charge in [-0.2, -0.15) is 25.3 Å². The van der Waals surface area contributed by atoms with Gasteiger partial charge in [0.15, 0.2) is 0 Å². The molecule has 18 heteroatoms. The summed E-state index contributed by atoms with van der Waals surface area (Å²) in [6.45, 7) is 0. The van der Waals surface area contributed by atoms with Gasteiger partial charge in [0.2, 0.25) is 0 Å². The van der Waals surface area contributed by atoms with E-state index < -0.39 is 31.2 Å². The van der Waals surface area contributed by atoms with Crippen LogP contribution in [0.25, 0.3) is 0 Å². The Morgan fingerprint density at radius 1 is 0.389 bits per heavy atom. The van der Waals surface area contributed by atoms with Crippen molar-refractivity contribution in [3.05, 3.63) is 0 Å². The Hall–Kier alpha value is 2.61. The SMILES string of the molecule is O=S(=O)(O)O.O=S(=O)(O)O.O=S(=O)(O)O.[NaH].[NaH].[NaH]. The number of hydrogen-bond donors (Lipinski definition) is 6. The summed E-state index contributed by atoms with van der Waals surface area (Å²) in [7, 11) is -14.0. The molecule has 0 aromatic rings. The van der Waals surface area contributed by atoms with Crippen LogP contribution in [0.2, 0.25) is 0 Å². The van der Waals surface area contributed by atoms with E-state index in [1.807, 2.05) is 0 Å². The van der Waals surface area contributed by atoms with E-state index in [0.717, 1.165) is 0 Å². The Balaban J connectivity index is -0.0000000277. The van der Waals surface area contributed by atoms with Gasteiger partial charge in [-0.1, -0.05) is 0 Å². The molecule has 0 unspecified atom stereocenters. The van der Waals surface area contributed by atoms with Crippen molar-refractivity contribution in [3.8, 4) is 0 Å². The van der Waals surface area contributed by atoms with E-state index in [0.29, 0.717) is 0 Å². The van der Waals surface area contributed by atoms with E-state index in [1.54, 1.807) is 0 Å². The molecule has 18 heavy (non-hydrogen) atoms. The molecular weight excluding hydrogens is 357 g/mol. The zero-order valence-electron chi connectivity index (χ0n) is 6.36. The molecule has 0 amide bonds. The average molecular weight is 366 g/mol. The van der Waals surface area contributed by atoms with E-state index in [4.69, 9.17) is 52.6 Å². The number of rotatable bonds is 0. The van der Waals surface area contributed by atoms with Crippen LogP contribution in [-0.4, -0.2) is 141 Å². The van der Waals surface area contributed by atoms with Crippen molar-refractivity contribution >= 4 is 120 Å². The van der Waals surface area contributed by atoms with Crippen molar-refractivity contribution in [1.29, 1.82) is 0 Å². The predicted octanol–water partition coefficient (Wildman–Crippen LogP) is -3.90. The van der Waals surface area contributed by atoms with Crippen molar-refractivity contribution < 1.29 is 52.6 Å². The maximum absolute atomic E-state index is 8.74. The summed E-state index contributed by atoms with van der Waals surface area (Å²) in [6, 6.07) is 0. The molecule has 0 aromatic heterocycles. The van der Waals surface area contributed by atoms with Crippen molar-refractivity contribution in [2.75, 3.05) is 0 Å². The van der Waals surface area contributed by atoms with Crippen LogP contribution in [0, 0.1) is 0 Å². The Kier molecular flexibility index (Phi) is 33.0. The van der Waals surface area contributed by atoms with Gasteiger partial charge in [-0.05, 0) is 0 Å². The van der Waals surface area contributed by atoms with E-state index in [-0.39, 0.29) is 88.7 Å². The van der Waals surface area contributed by atoms with Gasteiger partial charge in [0.05, 0.1) is 0 Å². The quantitative estimate of drug-likeness (QED) is 0.179. The van der Waals surface area contributed by atoms with E-state index >= 15 is 0 Å². The minimum absolute atomic E-state index is 0. The van der Waals surface area contributed by atoms with Gasteiger partial charge in [-0.25, -0.2) is 0 Å². The van der Waals surface area contributed by atoms with Crippen molar-refractivity contribution in [2.24, 2.45) is 0 Å². The normalized spacial score (nSPS) is 9.67. The second-order valence-electron chi connectivity index (χ2n) is 1.34. The van der Waals surface area contributed by atoms with Crippen LogP contribution < -0.4 is 0 Å². The summed E-state index contributed by atoms with van der Waals surface area (Å²) in [6.07, 6.45) is 0. The Morgan fingerprint density at radius 2 is 0.389 bits per heavy atom. The summed E-state index contributed by atoms with van der Waals surface area (Å²) >= 11 is 0. The molecule has 0 aromatic carbocycles. The van der Waals surface area contributed by atoms with Gasteiger partial charge >= 0.3 is 120 Å². The molecule has 12 nitrogen and oxygen atoms in total. The van der Waals surface area contributed by atoms with Crippen molar-refractivity contribution in [1.82, 2.24) is 0 Å². The topological polar surface area (TPSA) is 224 Å². The summed E-state index contributed by atoms with van der Waals surface area (Å²) in [5.74, 6) is 0. The first-order chi connectivity index (χ1) is 6.00. The molecule has 0 saturated heterocycles. The first-order valence-corrected chi connectivity index (χ1v) is 6.29. The fraction of sp³-hybridized carbons (Fsp3) is 0. The van der Waals surface area contributed by atoms with E-state index in [2.05, 4.69) is 0 Å².